The summed E-state index contributed by atoms with van der Waals surface area (Å²) < 4.78 is 0. The lowest BCUT2D eigenvalue weighted by Gasteiger charge is -2.08. The standard InChI is InChI=1S/C7H18N3/c1-10(2)7-3-5-9-6-4-8/h8-9H,3-7H2,1-2H3. The van der Waals surface area contributed by atoms with Gasteiger partial charge in [0.05, 0.1) is 0 Å². The zero-order chi connectivity index (χ0) is 7.82. The molecule has 0 rings (SSSR count). The number of nitrogens with zero attached hydrogens (tertiary/aromatic N) is 1. The van der Waals surface area contributed by atoms with Gasteiger partial charge in [-0.1, -0.05) is 0 Å². The lowest BCUT2D eigenvalue weighted by Crippen LogP contribution is -2.23. The monoisotopic (exact) mass is 144 g/mol. The van der Waals surface area contributed by atoms with Crippen LogP contribution in [0.25, 0.3) is 0 Å². The van der Waals surface area contributed by atoms with Gasteiger partial charge >= 0.3 is 0 Å². The Labute approximate surface area is 63.6 Å². The van der Waals surface area contributed by atoms with Crippen LogP contribution in [-0.4, -0.2) is 45.2 Å². The van der Waals surface area contributed by atoms with Crippen molar-refractivity contribution in [3.63, 3.8) is 0 Å². The molecule has 0 saturated heterocycles. The summed E-state index contributed by atoms with van der Waals surface area (Å²) in [4.78, 5) is 2.17. The lowest BCUT2D eigenvalue weighted by molar-refractivity contribution is 0.395. The SMILES string of the molecule is CN(C)CCCNCC[NH]. The van der Waals surface area contributed by atoms with Crippen LogP contribution in [0.5, 0.6) is 0 Å². The predicted octanol–water partition coefficient (Wildman–Crippen LogP) is -0.189. The van der Waals surface area contributed by atoms with E-state index in [0.29, 0.717) is 6.54 Å². The van der Waals surface area contributed by atoms with Gasteiger partial charge in [-0.3, -0.25) is 5.73 Å². The average molecular weight is 144 g/mol. The van der Waals surface area contributed by atoms with Gasteiger partial charge in [-0.15, -0.1) is 0 Å². The van der Waals surface area contributed by atoms with Gasteiger partial charge in [0.25, 0.3) is 0 Å². The summed E-state index contributed by atoms with van der Waals surface area (Å²) >= 11 is 0. The summed E-state index contributed by atoms with van der Waals surface area (Å²) in [5.74, 6) is 0. The van der Waals surface area contributed by atoms with Crippen molar-refractivity contribution < 1.29 is 0 Å². The molecule has 0 aromatic carbocycles. The molecule has 2 N–H and O–H groups in total. The van der Waals surface area contributed by atoms with E-state index < -0.39 is 0 Å². The van der Waals surface area contributed by atoms with Crippen LogP contribution >= 0.6 is 0 Å². The maximum Gasteiger partial charge on any atom is 0.0225 e. The molecule has 0 aromatic rings. The molecule has 0 aliphatic carbocycles. The fourth-order valence-corrected chi connectivity index (χ4v) is 0.734. The zero-order valence-corrected chi connectivity index (χ0v) is 6.98. The molecule has 3 heteroatoms. The molecule has 0 unspecified atom stereocenters. The van der Waals surface area contributed by atoms with Crippen molar-refractivity contribution in [2.24, 2.45) is 0 Å². The van der Waals surface area contributed by atoms with Gasteiger partial charge in [0.15, 0.2) is 0 Å². The molecule has 61 valence electrons. The minimum atomic E-state index is 0.488. The van der Waals surface area contributed by atoms with Gasteiger partial charge in [0.2, 0.25) is 0 Å². The lowest BCUT2D eigenvalue weighted by atomic mass is 10.4. The zero-order valence-electron chi connectivity index (χ0n) is 6.98. The van der Waals surface area contributed by atoms with E-state index >= 15 is 0 Å². The van der Waals surface area contributed by atoms with E-state index in [-0.39, 0.29) is 0 Å². The molecular weight excluding hydrogens is 126 g/mol. The first-order valence-electron chi connectivity index (χ1n) is 3.77. The smallest absolute Gasteiger partial charge is 0.0225 e. The van der Waals surface area contributed by atoms with Crippen LogP contribution in [0.4, 0.5) is 0 Å². The summed E-state index contributed by atoms with van der Waals surface area (Å²) in [5.41, 5.74) is 6.85. The van der Waals surface area contributed by atoms with E-state index in [1.54, 1.807) is 0 Å². The van der Waals surface area contributed by atoms with E-state index in [1.165, 1.54) is 6.42 Å². The molecule has 3 nitrogen and oxygen atoms in total. The van der Waals surface area contributed by atoms with Gasteiger partial charge in [-0.25, -0.2) is 0 Å². The summed E-state index contributed by atoms with van der Waals surface area (Å²) in [6.07, 6.45) is 1.17. The summed E-state index contributed by atoms with van der Waals surface area (Å²) in [5, 5.41) is 3.18. The highest BCUT2D eigenvalue weighted by molar-refractivity contribution is 4.49. The largest absolute Gasteiger partial charge is 0.315 e. The molecule has 0 aliphatic rings. The molecule has 0 spiro atoms. The Balaban J connectivity index is 2.77. The van der Waals surface area contributed by atoms with Crippen LogP contribution < -0.4 is 11.1 Å². The minimum absolute atomic E-state index is 0.488. The second-order valence-electron chi connectivity index (χ2n) is 2.66. The van der Waals surface area contributed by atoms with Crippen LogP contribution in [0.2, 0.25) is 0 Å². The number of hydrogen-bond acceptors (Lipinski definition) is 2. The second kappa shape index (κ2) is 6.99. The Kier molecular flexibility index (Phi) is 6.91. The van der Waals surface area contributed by atoms with Gasteiger partial charge in [-0.2, -0.15) is 0 Å². The molecule has 0 aromatic heterocycles. The van der Waals surface area contributed by atoms with E-state index in [4.69, 9.17) is 5.73 Å². The highest BCUT2D eigenvalue weighted by atomic mass is 15.1. The molecule has 0 saturated carbocycles. The number of hydrogen-bond donors (Lipinski definition) is 1. The average Bonchev–Trinajstić information content (AvgIpc) is 1.87. The Morgan fingerprint density at radius 3 is 2.50 bits per heavy atom. The maximum absolute atomic E-state index is 6.85. The van der Waals surface area contributed by atoms with Crippen LogP contribution in [0.3, 0.4) is 0 Å². The van der Waals surface area contributed by atoms with Crippen LogP contribution in [0, 0.1) is 0 Å². The van der Waals surface area contributed by atoms with Crippen molar-refractivity contribution in [3.8, 4) is 0 Å². The third kappa shape index (κ3) is 7.88. The number of nitrogens with one attached hydrogen (secondary N) is 2. The van der Waals surface area contributed by atoms with Gasteiger partial charge in [0, 0.05) is 13.1 Å². The van der Waals surface area contributed by atoms with E-state index in [1.807, 2.05) is 0 Å². The van der Waals surface area contributed by atoms with Gasteiger partial charge in [-0.05, 0) is 33.6 Å². The maximum atomic E-state index is 6.85. The Morgan fingerprint density at radius 2 is 2.00 bits per heavy atom. The molecule has 0 aliphatic heterocycles. The van der Waals surface area contributed by atoms with E-state index in [0.717, 1.165) is 19.6 Å². The Bertz CT molecular complexity index is 63.9. The van der Waals surface area contributed by atoms with Crippen molar-refractivity contribution in [3.05, 3.63) is 0 Å². The third-order valence-corrected chi connectivity index (χ3v) is 1.26. The quantitative estimate of drug-likeness (QED) is 0.525. The van der Waals surface area contributed by atoms with Crippen LogP contribution in [0.1, 0.15) is 6.42 Å². The molecular formula is C7H18N3. The van der Waals surface area contributed by atoms with Crippen LogP contribution in [-0.2, 0) is 0 Å². The molecule has 0 bridgehead atoms. The normalized spacial score (nSPS) is 10.8. The molecule has 0 heterocycles. The summed E-state index contributed by atoms with van der Waals surface area (Å²) in [6.45, 7) is 3.48. The highest BCUT2D eigenvalue weighted by Gasteiger charge is 1.88. The van der Waals surface area contributed by atoms with E-state index in [9.17, 15) is 0 Å². The third-order valence-electron chi connectivity index (χ3n) is 1.26. The number of rotatable bonds is 6. The van der Waals surface area contributed by atoms with Crippen molar-refractivity contribution in [1.29, 1.82) is 0 Å². The molecule has 0 atom stereocenters. The Hall–Kier alpha value is -0.120. The second-order valence-corrected chi connectivity index (χ2v) is 2.66. The summed E-state index contributed by atoms with van der Waals surface area (Å²) in [7, 11) is 4.15. The molecule has 0 amide bonds. The first-order chi connectivity index (χ1) is 4.77. The van der Waals surface area contributed by atoms with Crippen molar-refractivity contribution in [2.45, 2.75) is 6.42 Å². The highest BCUT2D eigenvalue weighted by Crippen LogP contribution is 1.79. The summed E-state index contributed by atoms with van der Waals surface area (Å²) in [6, 6.07) is 0. The fourth-order valence-electron chi connectivity index (χ4n) is 0.734. The first-order valence-corrected chi connectivity index (χ1v) is 3.77. The molecule has 0 fully saturated rings. The topological polar surface area (TPSA) is 39.1 Å². The van der Waals surface area contributed by atoms with Crippen molar-refractivity contribution in [1.82, 2.24) is 16.0 Å². The van der Waals surface area contributed by atoms with Crippen molar-refractivity contribution in [2.75, 3.05) is 40.3 Å². The molecule has 10 heavy (non-hydrogen) atoms. The van der Waals surface area contributed by atoms with Gasteiger partial charge in [0.1, 0.15) is 0 Å². The Morgan fingerprint density at radius 1 is 1.30 bits per heavy atom. The fraction of sp³-hybridized carbons (Fsp3) is 1.00. The first kappa shape index (κ1) is 9.88. The van der Waals surface area contributed by atoms with E-state index in [2.05, 4.69) is 24.3 Å². The minimum Gasteiger partial charge on any atom is -0.315 e. The molecule has 1 radical (unpaired) electrons. The van der Waals surface area contributed by atoms with Crippen LogP contribution in [0.15, 0.2) is 0 Å². The van der Waals surface area contributed by atoms with Gasteiger partial charge < -0.3 is 10.2 Å². The predicted molar refractivity (Wildman–Crippen MR) is 44.0 cm³/mol. The van der Waals surface area contributed by atoms with Crippen molar-refractivity contribution >= 4 is 0 Å².